The van der Waals surface area contributed by atoms with Crippen LogP contribution in [0.25, 0.3) is 0 Å². The molecule has 0 saturated heterocycles. The monoisotopic (exact) mass is 242 g/mol. The molecule has 0 heterocycles. The minimum atomic E-state index is -0.535. The Morgan fingerprint density at radius 2 is 1.72 bits per heavy atom. The van der Waals surface area contributed by atoms with Gasteiger partial charge in [-0.1, -0.05) is 35.9 Å². The Balaban J connectivity index is 2.34. The van der Waals surface area contributed by atoms with Gasteiger partial charge in [0.25, 0.3) is 0 Å². The van der Waals surface area contributed by atoms with Crippen LogP contribution in [0.5, 0.6) is 11.5 Å². The van der Waals surface area contributed by atoms with Crippen LogP contribution in [0.1, 0.15) is 29.7 Å². The molecule has 0 fully saturated rings. The van der Waals surface area contributed by atoms with Crippen molar-refractivity contribution in [3.05, 3.63) is 59.2 Å². The minimum Gasteiger partial charge on any atom is -0.457 e. The number of aryl methyl sites for hydroxylation is 2. The minimum absolute atomic E-state index is 0.535. The summed E-state index contributed by atoms with van der Waals surface area (Å²) in [4.78, 5) is 0. The van der Waals surface area contributed by atoms with E-state index in [4.69, 9.17) is 4.74 Å². The summed E-state index contributed by atoms with van der Waals surface area (Å²) < 4.78 is 5.90. The number of benzene rings is 2. The number of hydrogen-bond acceptors (Lipinski definition) is 2. The topological polar surface area (TPSA) is 29.5 Å². The molecule has 1 atom stereocenters. The van der Waals surface area contributed by atoms with Crippen LogP contribution in [0.2, 0.25) is 0 Å². The molecule has 94 valence electrons. The maximum Gasteiger partial charge on any atom is 0.133 e. The zero-order valence-corrected chi connectivity index (χ0v) is 11.0. The van der Waals surface area contributed by atoms with Crippen molar-refractivity contribution in [2.24, 2.45) is 0 Å². The summed E-state index contributed by atoms with van der Waals surface area (Å²) in [6.07, 6.45) is -0.535. The fourth-order valence-corrected chi connectivity index (χ4v) is 1.95. The molecule has 0 bridgehead atoms. The Bertz CT molecular complexity index is 545. The lowest BCUT2D eigenvalue weighted by atomic mass is 10.1. The summed E-state index contributed by atoms with van der Waals surface area (Å²) in [5.74, 6) is 1.54. The van der Waals surface area contributed by atoms with Gasteiger partial charge in [0, 0.05) is 5.56 Å². The summed E-state index contributed by atoms with van der Waals surface area (Å²) in [6, 6.07) is 13.6. The van der Waals surface area contributed by atoms with Crippen LogP contribution in [0.3, 0.4) is 0 Å². The molecule has 0 radical (unpaired) electrons. The van der Waals surface area contributed by atoms with E-state index < -0.39 is 6.10 Å². The van der Waals surface area contributed by atoms with Crippen LogP contribution < -0.4 is 4.74 Å². The van der Waals surface area contributed by atoms with Crippen molar-refractivity contribution in [2.45, 2.75) is 26.9 Å². The summed E-state index contributed by atoms with van der Waals surface area (Å²) in [7, 11) is 0. The van der Waals surface area contributed by atoms with Crippen LogP contribution in [0.4, 0.5) is 0 Å². The van der Waals surface area contributed by atoms with Gasteiger partial charge in [-0.05, 0) is 38.5 Å². The number of ether oxygens (including phenoxy) is 1. The number of para-hydroxylation sites is 1. The molecule has 2 aromatic rings. The zero-order chi connectivity index (χ0) is 13.1. The molecule has 0 aromatic heterocycles. The van der Waals surface area contributed by atoms with Crippen LogP contribution >= 0.6 is 0 Å². The van der Waals surface area contributed by atoms with E-state index >= 15 is 0 Å². The van der Waals surface area contributed by atoms with Crippen molar-refractivity contribution in [1.29, 1.82) is 0 Å². The first-order valence-corrected chi connectivity index (χ1v) is 6.10. The molecule has 2 aromatic carbocycles. The Morgan fingerprint density at radius 1 is 1.00 bits per heavy atom. The van der Waals surface area contributed by atoms with Gasteiger partial charge < -0.3 is 9.84 Å². The summed E-state index contributed by atoms with van der Waals surface area (Å²) in [6.45, 7) is 5.82. The van der Waals surface area contributed by atoms with E-state index in [-0.39, 0.29) is 0 Å². The average molecular weight is 242 g/mol. The second-order valence-electron chi connectivity index (χ2n) is 4.58. The van der Waals surface area contributed by atoms with Crippen LogP contribution in [0, 0.1) is 13.8 Å². The average Bonchev–Trinajstić information content (AvgIpc) is 2.33. The molecule has 2 rings (SSSR count). The standard InChI is InChI=1S/C16H18O2/c1-11-8-9-15(12(2)10-11)18-16-7-5-4-6-14(16)13(3)17/h4-10,13,17H,1-3H3. The van der Waals surface area contributed by atoms with Gasteiger partial charge in [-0.25, -0.2) is 0 Å². The lowest BCUT2D eigenvalue weighted by molar-refractivity contribution is 0.195. The van der Waals surface area contributed by atoms with Crippen molar-refractivity contribution >= 4 is 0 Å². The molecule has 0 saturated carbocycles. The molecule has 1 N–H and O–H groups in total. The van der Waals surface area contributed by atoms with E-state index in [1.165, 1.54) is 5.56 Å². The lowest BCUT2D eigenvalue weighted by Gasteiger charge is -2.14. The molecule has 2 heteroatoms. The third-order valence-corrected chi connectivity index (χ3v) is 2.92. The number of aliphatic hydroxyl groups excluding tert-OH is 1. The highest BCUT2D eigenvalue weighted by molar-refractivity contribution is 5.42. The highest BCUT2D eigenvalue weighted by Gasteiger charge is 2.10. The molecular formula is C16H18O2. The summed E-state index contributed by atoms with van der Waals surface area (Å²) >= 11 is 0. The summed E-state index contributed by atoms with van der Waals surface area (Å²) in [5.41, 5.74) is 3.11. The van der Waals surface area contributed by atoms with Crippen molar-refractivity contribution < 1.29 is 9.84 Å². The van der Waals surface area contributed by atoms with E-state index in [9.17, 15) is 5.11 Å². The second kappa shape index (κ2) is 5.23. The van der Waals surface area contributed by atoms with Crippen LogP contribution in [0.15, 0.2) is 42.5 Å². The Hall–Kier alpha value is -1.80. The first kappa shape index (κ1) is 12.7. The van der Waals surface area contributed by atoms with Crippen molar-refractivity contribution in [3.8, 4) is 11.5 Å². The second-order valence-corrected chi connectivity index (χ2v) is 4.58. The van der Waals surface area contributed by atoms with Gasteiger partial charge in [-0.15, -0.1) is 0 Å². The van der Waals surface area contributed by atoms with Crippen molar-refractivity contribution in [2.75, 3.05) is 0 Å². The molecule has 2 nitrogen and oxygen atoms in total. The molecule has 18 heavy (non-hydrogen) atoms. The fourth-order valence-electron chi connectivity index (χ4n) is 1.95. The van der Waals surface area contributed by atoms with E-state index in [2.05, 4.69) is 13.0 Å². The van der Waals surface area contributed by atoms with Gasteiger partial charge in [0.2, 0.25) is 0 Å². The third kappa shape index (κ3) is 2.71. The van der Waals surface area contributed by atoms with E-state index in [1.54, 1.807) is 6.92 Å². The van der Waals surface area contributed by atoms with Crippen molar-refractivity contribution in [3.63, 3.8) is 0 Å². The predicted octanol–water partition coefficient (Wildman–Crippen LogP) is 4.15. The highest BCUT2D eigenvalue weighted by atomic mass is 16.5. The van der Waals surface area contributed by atoms with E-state index in [0.29, 0.717) is 5.75 Å². The fraction of sp³-hybridized carbons (Fsp3) is 0.250. The normalized spacial score (nSPS) is 12.2. The molecule has 0 amide bonds. The molecule has 0 aliphatic rings. The largest absolute Gasteiger partial charge is 0.457 e. The maximum absolute atomic E-state index is 9.72. The SMILES string of the molecule is Cc1ccc(Oc2ccccc2C(C)O)c(C)c1. The molecular weight excluding hydrogens is 224 g/mol. The number of hydrogen-bond donors (Lipinski definition) is 1. The lowest BCUT2D eigenvalue weighted by Crippen LogP contribution is -1.96. The summed E-state index contributed by atoms with van der Waals surface area (Å²) in [5, 5.41) is 9.72. The molecule has 1 unspecified atom stereocenters. The maximum atomic E-state index is 9.72. The van der Waals surface area contributed by atoms with Gasteiger partial charge in [-0.2, -0.15) is 0 Å². The first-order chi connectivity index (χ1) is 8.58. The Labute approximate surface area is 108 Å². The predicted molar refractivity (Wildman–Crippen MR) is 73.1 cm³/mol. The van der Waals surface area contributed by atoms with Gasteiger partial charge in [-0.3, -0.25) is 0 Å². The first-order valence-electron chi connectivity index (χ1n) is 6.10. The van der Waals surface area contributed by atoms with Gasteiger partial charge in [0.1, 0.15) is 11.5 Å². The van der Waals surface area contributed by atoms with Crippen molar-refractivity contribution in [1.82, 2.24) is 0 Å². The zero-order valence-electron chi connectivity index (χ0n) is 11.0. The molecule has 0 aliphatic heterocycles. The molecule has 0 aliphatic carbocycles. The highest BCUT2D eigenvalue weighted by Crippen LogP contribution is 2.31. The van der Waals surface area contributed by atoms with E-state index in [0.717, 1.165) is 16.9 Å². The quantitative estimate of drug-likeness (QED) is 0.876. The van der Waals surface area contributed by atoms with Crippen LogP contribution in [-0.2, 0) is 0 Å². The van der Waals surface area contributed by atoms with E-state index in [1.807, 2.05) is 43.3 Å². The Morgan fingerprint density at radius 3 is 2.39 bits per heavy atom. The van der Waals surface area contributed by atoms with Gasteiger partial charge in [0.05, 0.1) is 6.10 Å². The third-order valence-electron chi connectivity index (χ3n) is 2.92. The molecule has 0 spiro atoms. The number of aliphatic hydroxyl groups is 1. The smallest absolute Gasteiger partial charge is 0.133 e. The number of rotatable bonds is 3. The van der Waals surface area contributed by atoms with Crippen LogP contribution in [-0.4, -0.2) is 5.11 Å². The van der Waals surface area contributed by atoms with Gasteiger partial charge >= 0.3 is 0 Å². The van der Waals surface area contributed by atoms with Gasteiger partial charge in [0.15, 0.2) is 0 Å². The Kier molecular flexibility index (Phi) is 3.68.